The molecule has 9 nitrogen and oxygen atoms in total. The van der Waals surface area contributed by atoms with E-state index in [1.54, 1.807) is 62.4 Å². The zero-order valence-electron chi connectivity index (χ0n) is 18.5. The summed E-state index contributed by atoms with van der Waals surface area (Å²) < 4.78 is 34.1. The monoisotopic (exact) mass is 484 g/mol. The van der Waals surface area contributed by atoms with Crippen molar-refractivity contribution in [2.75, 3.05) is 4.31 Å². The van der Waals surface area contributed by atoms with Crippen molar-refractivity contribution in [3.05, 3.63) is 94.0 Å². The van der Waals surface area contributed by atoms with Gasteiger partial charge < -0.3 is 14.9 Å². The molecule has 0 spiro atoms. The fourth-order valence-corrected chi connectivity index (χ4v) is 5.31. The van der Waals surface area contributed by atoms with E-state index in [-0.39, 0.29) is 17.1 Å². The maximum Gasteiger partial charge on any atom is 0.269 e. The Balaban J connectivity index is 1.73. The number of aliphatic hydroxyl groups excluding tert-OH is 2. The maximum absolute atomic E-state index is 13.6. The fourth-order valence-electron chi connectivity index (χ4n) is 3.86. The lowest BCUT2D eigenvalue weighted by Crippen LogP contribution is -2.48. The van der Waals surface area contributed by atoms with Gasteiger partial charge in [0.2, 0.25) is 0 Å². The fraction of sp³-hybridized carbons (Fsp3) is 0.250. The number of benzene rings is 3. The van der Waals surface area contributed by atoms with Crippen LogP contribution in [0.15, 0.2) is 77.7 Å². The predicted octanol–water partition coefficient (Wildman–Crippen LogP) is 3.56. The molecule has 10 heteroatoms. The molecule has 0 radical (unpaired) electrons. The number of nitrogens with zero attached hydrogens (tertiary/aromatic N) is 2. The normalized spacial score (nSPS) is 19.1. The van der Waals surface area contributed by atoms with Crippen molar-refractivity contribution in [1.29, 1.82) is 0 Å². The number of hydrogen-bond acceptors (Lipinski definition) is 7. The van der Waals surface area contributed by atoms with E-state index in [1.807, 2.05) is 0 Å². The lowest BCUT2D eigenvalue weighted by atomic mass is 9.88. The average Bonchev–Trinajstić information content (AvgIpc) is 2.82. The quantitative estimate of drug-likeness (QED) is 0.404. The van der Waals surface area contributed by atoms with Crippen LogP contribution in [-0.2, 0) is 16.6 Å². The highest BCUT2D eigenvalue weighted by molar-refractivity contribution is 7.92. The summed E-state index contributed by atoms with van der Waals surface area (Å²) in [4.78, 5) is 10.3. The van der Waals surface area contributed by atoms with Crippen LogP contribution in [0.25, 0.3) is 0 Å². The largest absolute Gasteiger partial charge is 0.485 e. The van der Waals surface area contributed by atoms with Crippen LogP contribution < -0.4 is 9.04 Å². The van der Waals surface area contributed by atoms with Gasteiger partial charge in [0, 0.05) is 17.7 Å². The summed E-state index contributed by atoms with van der Waals surface area (Å²) in [6.07, 6.45) is -2.36. The molecule has 1 aliphatic heterocycles. The molecule has 2 atom stereocenters. The molecule has 3 aromatic carbocycles. The van der Waals surface area contributed by atoms with Crippen molar-refractivity contribution in [2.45, 2.75) is 43.1 Å². The Morgan fingerprint density at radius 2 is 1.68 bits per heavy atom. The minimum atomic E-state index is -4.09. The Morgan fingerprint density at radius 3 is 2.29 bits per heavy atom. The smallest absolute Gasteiger partial charge is 0.269 e. The molecule has 1 aliphatic rings. The standard InChI is InChI=1S/C24H24N2O7S/c1-24(2)23(28)22(27)20-14-16(8-13-21(20)33-24)15-25(17-6-4-3-5-7-17)34(31,32)19-11-9-18(10-12-19)26(29)30/h3-14,22-23,27-28H,15H2,1-2H3/t22-,23+/m0/s1. The number of nitro groups is 1. The SMILES string of the molecule is CC1(C)Oc2ccc(CN(c3ccccc3)S(=O)(=O)c3ccc([N+](=O)[O-])cc3)cc2[C@H](O)[C@H]1O. The van der Waals surface area contributed by atoms with Gasteiger partial charge in [-0.1, -0.05) is 24.3 Å². The summed E-state index contributed by atoms with van der Waals surface area (Å²) in [6.45, 7) is 3.26. The highest BCUT2D eigenvalue weighted by Crippen LogP contribution is 2.40. The summed E-state index contributed by atoms with van der Waals surface area (Å²) >= 11 is 0. The molecule has 4 rings (SSSR count). The van der Waals surface area contributed by atoms with Gasteiger partial charge in [0.15, 0.2) is 0 Å². The highest BCUT2D eigenvalue weighted by atomic mass is 32.2. The third-order valence-corrected chi connectivity index (χ3v) is 7.57. The third-order valence-electron chi connectivity index (χ3n) is 5.78. The molecule has 3 aromatic rings. The van der Waals surface area contributed by atoms with E-state index in [4.69, 9.17) is 4.74 Å². The molecule has 0 aromatic heterocycles. The van der Waals surface area contributed by atoms with Crippen LogP contribution in [0.2, 0.25) is 0 Å². The number of rotatable bonds is 6. The van der Waals surface area contributed by atoms with Crippen LogP contribution in [-0.4, -0.2) is 35.3 Å². The first kappa shape index (κ1) is 23.7. The van der Waals surface area contributed by atoms with Crippen LogP contribution in [0.5, 0.6) is 5.75 Å². The highest BCUT2D eigenvalue weighted by Gasteiger charge is 2.42. The van der Waals surface area contributed by atoms with E-state index in [1.165, 1.54) is 16.4 Å². The second-order valence-electron chi connectivity index (χ2n) is 8.57. The number of anilines is 1. The topological polar surface area (TPSA) is 130 Å². The minimum Gasteiger partial charge on any atom is -0.485 e. The Bertz CT molecular complexity index is 1310. The van der Waals surface area contributed by atoms with Crippen molar-refractivity contribution in [3.8, 4) is 5.75 Å². The summed E-state index contributed by atoms with van der Waals surface area (Å²) in [7, 11) is -4.09. The molecule has 0 bridgehead atoms. The van der Waals surface area contributed by atoms with Crippen molar-refractivity contribution < 1.29 is 28.3 Å². The van der Waals surface area contributed by atoms with Gasteiger partial charge >= 0.3 is 0 Å². The van der Waals surface area contributed by atoms with Gasteiger partial charge in [0.05, 0.1) is 22.1 Å². The van der Waals surface area contributed by atoms with E-state index in [2.05, 4.69) is 0 Å². The molecular formula is C24H24N2O7S. The number of aliphatic hydroxyl groups is 2. The van der Waals surface area contributed by atoms with Gasteiger partial charge in [-0.15, -0.1) is 0 Å². The van der Waals surface area contributed by atoms with E-state index >= 15 is 0 Å². The first-order valence-corrected chi connectivity index (χ1v) is 11.9. The van der Waals surface area contributed by atoms with Gasteiger partial charge in [-0.05, 0) is 55.8 Å². The molecule has 2 N–H and O–H groups in total. The molecule has 0 unspecified atom stereocenters. The van der Waals surface area contributed by atoms with E-state index in [0.29, 0.717) is 22.6 Å². The molecule has 0 aliphatic carbocycles. The van der Waals surface area contributed by atoms with Crippen LogP contribution in [0.3, 0.4) is 0 Å². The van der Waals surface area contributed by atoms with Gasteiger partial charge in [0.25, 0.3) is 15.7 Å². The summed E-state index contributed by atoms with van der Waals surface area (Å²) in [5.41, 5.74) is 0.128. The second-order valence-corrected chi connectivity index (χ2v) is 10.4. The number of sulfonamides is 1. The lowest BCUT2D eigenvalue weighted by Gasteiger charge is -2.40. The van der Waals surface area contributed by atoms with E-state index in [0.717, 1.165) is 12.1 Å². The molecule has 0 amide bonds. The summed E-state index contributed by atoms with van der Waals surface area (Å²) in [5, 5.41) is 32.0. The molecule has 1 heterocycles. The Labute approximate surface area is 197 Å². The second kappa shape index (κ2) is 8.71. The van der Waals surface area contributed by atoms with Crippen molar-refractivity contribution in [2.24, 2.45) is 0 Å². The molecule has 0 fully saturated rings. The molecule has 34 heavy (non-hydrogen) atoms. The van der Waals surface area contributed by atoms with E-state index in [9.17, 15) is 28.7 Å². The number of non-ortho nitro benzene ring substituents is 1. The zero-order chi connectivity index (χ0) is 24.7. The third kappa shape index (κ3) is 4.35. The maximum atomic E-state index is 13.6. The molecule has 0 saturated heterocycles. The van der Waals surface area contributed by atoms with Gasteiger partial charge in [-0.25, -0.2) is 8.42 Å². The van der Waals surface area contributed by atoms with Crippen LogP contribution >= 0.6 is 0 Å². The van der Waals surface area contributed by atoms with Crippen LogP contribution in [0.1, 0.15) is 31.1 Å². The van der Waals surface area contributed by atoms with Crippen molar-refractivity contribution in [3.63, 3.8) is 0 Å². The lowest BCUT2D eigenvalue weighted by molar-refractivity contribution is -0.384. The predicted molar refractivity (Wildman–Crippen MR) is 125 cm³/mol. The van der Waals surface area contributed by atoms with Gasteiger partial charge in [0.1, 0.15) is 23.6 Å². The van der Waals surface area contributed by atoms with Crippen molar-refractivity contribution >= 4 is 21.4 Å². The van der Waals surface area contributed by atoms with Gasteiger partial charge in [-0.3, -0.25) is 14.4 Å². The summed E-state index contributed by atoms with van der Waals surface area (Å²) in [5.74, 6) is 0.413. The Kier molecular flexibility index (Phi) is 6.07. The molecular weight excluding hydrogens is 460 g/mol. The number of nitro benzene ring substituents is 1. The van der Waals surface area contributed by atoms with Crippen molar-refractivity contribution in [1.82, 2.24) is 0 Å². The Morgan fingerprint density at radius 1 is 1.03 bits per heavy atom. The van der Waals surface area contributed by atoms with E-state index < -0.39 is 32.8 Å². The van der Waals surface area contributed by atoms with Crippen LogP contribution in [0.4, 0.5) is 11.4 Å². The number of fused-ring (bicyclic) bond motifs is 1. The first-order valence-electron chi connectivity index (χ1n) is 10.5. The van der Waals surface area contributed by atoms with Crippen LogP contribution in [0, 0.1) is 10.1 Å². The molecule has 178 valence electrons. The zero-order valence-corrected chi connectivity index (χ0v) is 19.3. The van der Waals surface area contributed by atoms with Gasteiger partial charge in [-0.2, -0.15) is 0 Å². The number of ether oxygens (including phenoxy) is 1. The summed E-state index contributed by atoms with van der Waals surface area (Å²) in [6, 6.07) is 18.1. The minimum absolute atomic E-state index is 0.0805. The number of hydrogen-bond donors (Lipinski definition) is 2. The average molecular weight is 485 g/mol. The Hall–Kier alpha value is -3.47. The first-order chi connectivity index (χ1) is 16.0. The molecule has 0 saturated carbocycles. The number of para-hydroxylation sites is 1.